The summed E-state index contributed by atoms with van der Waals surface area (Å²) in [4.78, 5) is 24.0. The molecule has 2 heterocycles. The Morgan fingerprint density at radius 1 is 1.42 bits per heavy atom. The van der Waals surface area contributed by atoms with Crippen molar-refractivity contribution in [1.82, 2.24) is 20.5 Å². The number of hydrogen-bond acceptors (Lipinski definition) is 5. The van der Waals surface area contributed by atoms with E-state index in [1.54, 1.807) is 35.5 Å². The summed E-state index contributed by atoms with van der Waals surface area (Å²) in [6, 6.07) is 3.62. The van der Waals surface area contributed by atoms with Crippen LogP contribution in [-0.2, 0) is 16.2 Å². The van der Waals surface area contributed by atoms with Gasteiger partial charge in [0, 0.05) is 24.0 Å². The molecule has 0 atom stereocenters. The van der Waals surface area contributed by atoms with E-state index in [0.29, 0.717) is 18.8 Å². The highest BCUT2D eigenvalue weighted by molar-refractivity contribution is 5.74. The number of hydrogen-bond donors (Lipinski definition) is 1. The lowest BCUT2D eigenvalue weighted by molar-refractivity contribution is -0.752. The number of nitrogens with zero attached hydrogens (tertiary/aromatic N) is 4. The Hall–Kier alpha value is -2.41. The van der Waals surface area contributed by atoms with Gasteiger partial charge in [-0.25, -0.2) is 15.4 Å². The molecule has 7 nitrogen and oxygen atoms in total. The van der Waals surface area contributed by atoms with Crippen molar-refractivity contribution in [2.24, 2.45) is 0 Å². The number of carbonyl (C=O) groups excluding carboxylic acids is 1. The van der Waals surface area contributed by atoms with Crippen LogP contribution in [0, 0.1) is 0 Å². The lowest BCUT2D eigenvalue weighted by Crippen LogP contribution is -2.39. The third-order valence-electron chi connectivity index (χ3n) is 2.38. The molecule has 1 N–H and O–H groups in total. The minimum atomic E-state index is -0.188. The van der Waals surface area contributed by atoms with Crippen molar-refractivity contribution in [3.63, 3.8) is 0 Å². The van der Waals surface area contributed by atoms with Gasteiger partial charge in [-0.3, -0.25) is 9.63 Å². The maximum absolute atomic E-state index is 11.2. The largest absolute Gasteiger partial charge is 0.277 e. The van der Waals surface area contributed by atoms with Crippen LogP contribution in [0.2, 0.25) is 0 Å². The molecule has 0 aromatic carbocycles. The molecule has 7 heteroatoms. The molecule has 0 spiro atoms. The van der Waals surface area contributed by atoms with Crippen molar-refractivity contribution in [2.75, 3.05) is 7.11 Å². The van der Waals surface area contributed by atoms with Gasteiger partial charge in [-0.2, -0.15) is 0 Å². The second-order valence-corrected chi connectivity index (χ2v) is 3.73. The van der Waals surface area contributed by atoms with Crippen molar-refractivity contribution in [2.45, 2.75) is 13.0 Å². The zero-order valence-electron chi connectivity index (χ0n) is 10.5. The zero-order chi connectivity index (χ0) is 13.5. The molecule has 0 aliphatic heterocycles. The molecular weight excluding hydrogens is 246 g/mol. The first-order valence-electron chi connectivity index (χ1n) is 5.74. The fourth-order valence-electron chi connectivity index (χ4n) is 1.48. The molecule has 0 radical (unpaired) electrons. The Morgan fingerprint density at radius 2 is 2.21 bits per heavy atom. The van der Waals surface area contributed by atoms with Crippen molar-refractivity contribution in [1.29, 1.82) is 0 Å². The van der Waals surface area contributed by atoms with Crippen LogP contribution in [-0.4, -0.2) is 28.1 Å². The van der Waals surface area contributed by atoms with Crippen LogP contribution < -0.4 is 10.2 Å². The van der Waals surface area contributed by atoms with Crippen LogP contribution in [0.1, 0.15) is 6.42 Å². The number of nitrogens with one attached hydrogen (secondary N) is 1. The van der Waals surface area contributed by atoms with E-state index in [1.807, 2.05) is 6.07 Å². The second kappa shape index (κ2) is 6.50. The summed E-state index contributed by atoms with van der Waals surface area (Å²) in [5, 5.41) is 4.20. The Bertz CT molecular complexity index is 530. The molecule has 98 valence electrons. The molecule has 2 rings (SSSR count). The first-order valence-corrected chi connectivity index (χ1v) is 5.74. The van der Waals surface area contributed by atoms with E-state index in [1.165, 1.54) is 7.11 Å². The minimum absolute atomic E-state index is 0.188. The summed E-state index contributed by atoms with van der Waals surface area (Å²) < 4.78 is 1.67. The van der Waals surface area contributed by atoms with Gasteiger partial charge in [0.05, 0.1) is 13.5 Å². The van der Waals surface area contributed by atoms with E-state index in [9.17, 15) is 4.79 Å². The molecule has 2 aromatic heterocycles. The van der Waals surface area contributed by atoms with Crippen LogP contribution in [0.15, 0.2) is 36.9 Å². The zero-order valence-corrected chi connectivity index (χ0v) is 10.5. The smallest absolute Gasteiger partial charge is 0.250 e. The van der Waals surface area contributed by atoms with Gasteiger partial charge in [0.1, 0.15) is 6.20 Å². The molecule has 0 aliphatic rings. The van der Waals surface area contributed by atoms with Gasteiger partial charge in [0.25, 0.3) is 0 Å². The van der Waals surface area contributed by atoms with Crippen molar-refractivity contribution < 1.29 is 14.3 Å². The van der Waals surface area contributed by atoms with Crippen LogP contribution in [0.5, 0.6) is 0 Å². The molecule has 0 fully saturated rings. The van der Waals surface area contributed by atoms with E-state index in [4.69, 9.17) is 0 Å². The molecule has 2 aromatic rings. The Labute approximate surface area is 110 Å². The standard InChI is InChI=1S/C12H13N5O2/c1-19-16-11(18)4-8-17-7-3-10(9-15-17)12-13-5-2-6-14-12/h2-3,5-7,9H,4,8H2,1H3/p+1. The van der Waals surface area contributed by atoms with Crippen LogP contribution in [0.4, 0.5) is 0 Å². The van der Waals surface area contributed by atoms with Crippen molar-refractivity contribution in [3.05, 3.63) is 36.9 Å². The predicted octanol–water partition coefficient (Wildman–Crippen LogP) is -0.106. The average Bonchev–Trinajstić information content (AvgIpc) is 2.47. The fourth-order valence-corrected chi connectivity index (χ4v) is 1.48. The highest BCUT2D eigenvalue weighted by atomic mass is 16.6. The molecule has 0 unspecified atom stereocenters. The normalized spacial score (nSPS) is 10.2. The van der Waals surface area contributed by atoms with E-state index in [0.717, 1.165) is 5.56 Å². The fraction of sp³-hybridized carbons (Fsp3) is 0.250. The molecule has 0 aliphatic carbocycles. The predicted molar refractivity (Wildman–Crippen MR) is 65.2 cm³/mol. The summed E-state index contributed by atoms with van der Waals surface area (Å²) in [7, 11) is 1.40. The SMILES string of the molecule is CONC(=O)CC[n+]1ccc(-c2ncccn2)cn1. The Kier molecular flexibility index (Phi) is 4.46. The van der Waals surface area contributed by atoms with Gasteiger partial charge in [-0.15, -0.1) is 0 Å². The topological polar surface area (TPSA) is 80.9 Å². The van der Waals surface area contributed by atoms with Crippen LogP contribution in [0.3, 0.4) is 0 Å². The molecule has 19 heavy (non-hydrogen) atoms. The number of amides is 1. The van der Waals surface area contributed by atoms with Gasteiger partial charge < -0.3 is 0 Å². The van der Waals surface area contributed by atoms with Gasteiger partial charge in [-0.05, 0) is 11.2 Å². The van der Waals surface area contributed by atoms with Gasteiger partial charge in [0.15, 0.2) is 18.6 Å². The monoisotopic (exact) mass is 260 g/mol. The van der Waals surface area contributed by atoms with Crippen molar-refractivity contribution >= 4 is 5.91 Å². The number of aromatic nitrogens is 4. The van der Waals surface area contributed by atoms with E-state index >= 15 is 0 Å². The maximum Gasteiger partial charge on any atom is 0.250 e. The molecule has 1 amide bonds. The Morgan fingerprint density at radius 3 is 2.84 bits per heavy atom. The highest BCUT2D eigenvalue weighted by Gasteiger charge is 2.09. The summed E-state index contributed by atoms with van der Waals surface area (Å²) >= 11 is 0. The lowest BCUT2D eigenvalue weighted by atomic mass is 10.3. The average molecular weight is 260 g/mol. The number of aryl methyl sites for hydroxylation is 1. The third kappa shape index (κ3) is 3.78. The summed E-state index contributed by atoms with van der Waals surface area (Å²) in [6.07, 6.45) is 7.11. The number of carbonyl (C=O) groups is 1. The van der Waals surface area contributed by atoms with Crippen LogP contribution in [0.25, 0.3) is 11.4 Å². The van der Waals surface area contributed by atoms with E-state index in [-0.39, 0.29) is 5.91 Å². The Balaban J connectivity index is 1.97. The molecule has 0 saturated heterocycles. The van der Waals surface area contributed by atoms with Crippen LogP contribution >= 0.6 is 0 Å². The maximum atomic E-state index is 11.2. The summed E-state index contributed by atoms with van der Waals surface area (Å²) in [5.74, 6) is 0.437. The van der Waals surface area contributed by atoms with Gasteiger partial charge in [0.2, 0.25) is 5.91 Å². The third-order valence-corrected chi connectivity index (χ3v) is 2.38. The van der Waals surface area contributed by atoms with E-state index < -0.39 is 0 Å². The van der Waals surface area contributed by atoms with Gasteiger partial charge in [-0.1, -0.05) is 4.68 Å². The summed E-state index contributed by atoms with van der Waals surface area (Å²) in [6.45, 7) is 0.477. The molecular formula is C12H14N5O2+. The second-order valence-electron chi connectivity index (χ2n) is 3.73. The number of hydroxylamine groups is 1. The lowest BCUT2D eigenvalue weighted by Gasteiger charge is -1.99. The molecule has 0 saturated carbocycles. The summed E-state index contributed by atoms with van der Waals surface area (Å²) in [5.41, 5.74) is 3.08. The quantitative estimate of drug-likeness (QED) is 0.599. The van der Waals surface area contributed by atoms with Crippen molar-refractivity contribution in [3.8, 4) is 11.4 Å². The number of rotatable bonds is 5. The molecule has 0 bridgehead atoms. The highest BCUT2D eigenvalue weighted by Crippen LogP contribution is 2.09. The van der Waals surface area contributed by atoms with E-state index in [2.05, 4.69) is 25.4 Å². The first kappa shape index (κ1) is 13.0. The van der Waals surface area contributed by atoms with Gasteiger partial charge >= 0.3 is 0 Å². The first-order chi connectivity index (χ1) is 9.29. The minimum Gasteiger partial charge on any atom is -0.277 e.